The lowest BCUT2D eigenvalue weighted by Crippen LogP contribution is -2.56. The number of hydrogen-bond acceptors (Lipinski definition) is 5. The van der Waals surface area contributed by atoms with Crippen LogP contribution in [0, 0.1) is 0 Å². The number of carbonyl (C=O) groups excluding carboxylic acids is 3. The SMILES string of the molecule is O=C(CN1C(=O)[C@@H]2CCCCN2c2ccc(C(=O)N3CCCC3)cc21)Nc1cccnc1. The van der Waals surface area contributed by atoms with Gasteiger partial charge in [-0.3, -0.25) is 24.3 Å². The lowest BCUT2D eigenvalue weighted by molar-refractivity contribution is -0.123. The number of aromatic nitrogens is 1. The third-order valence-electron chi connectivity index (χ3n) is 6.52. The quantitative estimate of drug-likeness (QED) is 0.801. The normalized spacial score (nSPS) is 20.1. The average Bonchev–Trinajstić information content (AvgIpc) is 3.37. The molecule has 3 amide bonds. The van der Waals surface area contributed by atoms with Gasteiger partial charge in [0.15, 0.2) is 0 Å². The Bertz CT molecular complexity index is 1040. The number of fused-ring (bicyclic) bond motifs is 3. The van der Waals surface area contributed by atoms with Crippen LogP contribution in [0.15, 0.2) is 42.7 Å². The van der Waals surface area contributed by atoms with E-state index in [9.17, 15) is 14.4 Å². The molecular formula is C24H27N5O3. The summed E-state index contributed by atoms with van der Waals surface area (Å²) >= 11 is 0. The summed E-state index contributed by atoms with van der Waals surface area (Å²) in [7, 11) is 0. The second-order valence-electron chi connectivity index (χ2n) is 8.62. The molecule has 5 rings (SSSR count). The van der Waals surface area contributed by atoms with Gasteiger partial charge in [-0.2, -0.15) is 0 Å². The Morgan fingerprint density at radius 2 is 1.84 bits per heavy atom. The Morgan fingerprint density at radius 3 is 2.62 bits per heavy atom. The van der Waals surface area contributed by atoms with Gasteiger partial charge in [0.25, 0.3) is 5.91 Å². The first-order chi connectivity index (χ1) is 15.6. The van der Waals surface area contributed by atoms with Crippen LogP contribution in [0.25, 0.3) is 0 Å². The molecule has 166 valence electrons. The van der Waals surface area contributed by atoms with Crippen LogP contribution in [0.1, 0.15) is 42.5 Å². The highest BCUT2D eigenvalue weighted by atomic mass is 16.2. The van der Waals surface area contributed by atoms with Gasteiger partial charge in [0.05, 0.1) is 23.3 Å². The molecule has 1 aromatic carbocycles. The third kappa shape index (κ3) is 3.81. The number of amides is 3. The van der Waals surface area contributed by atoms with E-state index in [2.05, 4.69) is 15.2 Å². The summed E-state index contributed by atoms with van der Waals surface area (Å²) in [5.41, 5.74) is 2.70. The second-order valence-corrected chi connectivity index (χ2v) is 8.62. The Morgan fingerprint density at radius 1 is 1.03 bits per heavy atom. The van der Waals surface area contributed by atoms with Gasteiger partial charge >= 0.3 is 0 Å². The molecule has 3 aliphatic heterocycles. The molecule has 1 aromatic heterocycles. The topological polar surface area (TPSA) is 85.9 Å². The number of nitrogens with one attached hydrogen (secondary N) is 1. The first kappa shape index (κ1) is 20.5. The maximum absolute atomic E-state index is 13.4. The predicted molar refractivity (Wildman–Crippen MR) is 122 cm³/mol. The minimum absolute atomic E-state index is 0.0155. The van der Waals surface area contributed by atoms with Crippen LogP contribution in [-0.4, -0.2) is 59.8 Å². The smallest absolute Gasteiger partial charge is 0.253 e. The molecule has 0 aliphatic carbocycles. The van der Waals surface area contributed by atoms with Gasteiger partial charge in [-0.1, -0.05) is 0 Å². The van der Waals surface area contributed by atoms with E-state index in [-0.39, 0.29) is 30.3 Å². The molecule has 8 nitrogen and oxygen atoms in total. The minimum Gasteiger partial charge on any atom is -0.358 e. The van der Waals surface area contributed by atoms with Crippen LogP contribution in [-0.2, 0) is 9.59 Å². The highest BCUT2D eigenvalue weighted by Crippen LogP contribution is 2.40. The summed E-state index contributed by atoms with van der Waals surface area (Å²) < 4.78 is 0. The molecule has 2 saturated heterocycles. The van der Waals surface area contributed by atoms with Crippen LogP contribution < -0.4 is 15.1 Å². The third-order valence-corrected chi connectivity index (χ3v) is 6.52. The van der Waals surface area contributed by atoms with Crippen LogP contribution in [0.2, 0.25) is 0 Å². The summed E-state index contributed by atoms with van der Waals surface area (Å²) in [5.74, 6) is -0.389. The van der Waals surface area contributed by atoms with E-state index >= 15 is 0 Å². The maximum atomic E-state index is 13.4. The zero-order valence-corrected chi connectivity index (χ0v) is 18.0. The molecule has 0 bridgehead atoms. The van der Waals surface area contributed by atoms with Crippen LogP contribution in [0.4, 0.5) is 17.1 Å². The van der Waals surface area contributed by atoms with E-state index in [1.54, 1.807) is 35.5 Å². The zero-order valence-electron chi connectivity index (χ0n) is 18.0. The molecule has 4 heterocycles. The van der Waals surface area contributed by atoms with Crippen LogP contribution in [0.5, 0.6) is 0 Å². The second kappa shape index (κ2) is 8.61. The van der Waals surface area contributed by atoms with E-state index in [0.717, 1.165) is 57.4 Å². The summed E-state index contributed by atoms with van der Waals surface area (Å²) in [5, 5.41) is 2.81. The van der Waals surface area contributed by atoms with Crippen molar-refractivity contribution in [2.75, 3.05) is 41.3 Å². The Balaban J connectivity index is 1.46. The van der Waals surface area contributed by atoms with E-state index in [4.69, 9.17) is 0 Å². The lowest BCUT2D eigenvalue weighted by atomic mass is 9.95. The number of likely N-dealkylation sites (tertiary alicyclic amines) is 1. The molecule has 32 heavy (non-hydrogen) atoms. The number of benzene rings is 1. The highest BCUT2D eigenvalue weighted by Gasteiger charge is 2.40. The number of rotatable bonds is 4. The zero-order chi connectivity index (χ0) is 22.1. The van der Waals surface area contributed by atoms with Crippen molar-refractivity contribution >= 4 is 34.8 Å². The molecule has 1 N–H and O–H groups in total. The van der Waals surface area contributed by atoms with E-state index in [0.29, 0.717) is 16.9 Å². The first-order valence-electron chi connectivity index (χ1n) is 11.3. The van der Waals surface area contributed by atoms with Gasteiger partial charge in [-0.05, 0) is 62.4 Å². The summed E-state index contributed by atoms with van der Waals surface area (Å²) in [6, 6.07) is 8.82. The molecule has 8 heteroatoms. The number of piperidine rings is 1. The molecule has 0 radical (unpaired) electrons. The molecule has 0 spiro atoms. The fourth-order valence-corrected chi connectivity index (χ4v) is 4.94. The Kier molecular flexibility index (Phi) is 5.51. The number of pyridine rings is 1. The van der Waals surface area contributed by atoms with E-state index in [1.807, 2.05) is 17.0 Å². The van der Waals surface area contributed by atoms with Gasteiger partial charge < -0.3 is 15.1 Å². The number of hydrogen-bond donors (Lipinski definition) is 1. The van der Waals surface area contributed by atoms with Gasteiger partial charge in [0.2, 0.25) is 11.8 Å². The minimum atomic E-state index is -0.294. The van der Waals surface area contributed by atoms with Crippen molar-refractivity contribution < 1.29 is 14.4 Å². The molecule has 1 atom stereocenters. The van der Waals surface area contributed by atoms with Crippen LogP contribution >= 0.6 is 0 Å². The summed E-state index contributed by atoms with van der Waals surface area (Å²) in [6.45, 7) is 2.23. The molecule has 0 saturated carbocycles. The van der Waals surface area contributed by atoms with Crippen molar-refractivity contribution in [2.24, 2.45) is 0 Å². The van der Waals surface area contributed by atoms with Crippen molar-refractivity contribution in [3.63, 3.8) is 0 Å². The predicted octanol–water partition coefficient (Wildman–Crippen LogP) is 2.66. The maximum Gasteiger partial charge on any atom is 0.253 e. The molecule has 2 aromatic rings. The monoisotopic (exact) mass is 433 g/mol. The van der Waals surface area contributed by atoms with Gasteiger partial charge in [0.1, 0.15) is 12.6 Å². The van der Waals surface area contributed by atoms with E-state index in [1.165, 1.54) is 0 Å². The van der Waals surface area contributed by atoms with Crippen molar-refractivity contribution in [1.82, 2.24) is 9.88 Å². The number of nitrogens with zero attached hydrogens (tertiary/aromatic N) is 4. The Labute approximate surface area is 187 Å². The van der Waals surface area contributed by atoms with Crippen LogP contribution in [0.3, 0.4) is 0 Å². The Hall–Kier alpha value is -3.42. The number of anilines is 3. The van der Waals surface area contributed by atoms with E-state index < -0.39 is 0 Å². The fourth-order valence-electron chi connectivity index (χ4n) is 4.94. The molecule has 0 unspecified atom stereocenters. The largest absolute Gasteiger partial charge is 0.358 e. The molecule has 3 aliphatic rings. The molecular weight excluding hydrogens is 406 g/mol. The summed E-state index contributed by atoms with van der Waals surface area (Å²) in [4.78, 5) is 48.8. The fraction of sp³-hybridized carbons (Fsp3) is 0.417. The van der Waals surface area contributed by atoms with Gasteiger partial charge in [-0.15, -0.1) is 0 Å². The highest BCUT2D eigenvalue weighted by molar-refractivity contribution is 6.11. The first-order valence-corrected chi connectivity index (χ1v) is 11.3. The molecule has 2 fully saturated rings. The van der Waals surface area contributed by atoms with Crippen molar-refractivity contribution in [3.8, 4) is 0 Å². The van der Waals surface area contributed by atoms with Crippen molar-refractivity contribution in [2.45, 2.75) is 38.1 Å². The van der Waals surface area contributed by atoms with Gasteiger partial charge in [-0.25, -0.2) is 0 Å². The number of carbonyl (C=O) groups is 3. The van der Waals surface area contributed by atoms with Gasteiger partial charge in [0, 0.05) is 31.4 Å². The summed E-state index contributed by atoms with van der Waals surface area (Å²) in [6.07, 6.45) is 8.03. The standard InChI is InChI=1S/C24H27N5O3/c30-22(26-18-6-5-10-25-15-18)16-29-21-14-17(23(31)27-11-3-4-12-27)8-9-19(21)28-13-2-1-7-20(28)24(29)32/h5-6,8-10,14-15,20H,1-4,7,11-13,16H2,(H,26,30)/t20-/m0/s1. The van der Waals surface area contributed by atoms with Crippen molar-refractivity contribution in [1.29, 1.82) is 0 Å². The lowest BCUT2D eigenvalue weighted by Gasteiger charge is -2.45. The van der Waals surface area contributed by atoms with Crippen molar-refractivity contribution in [3.05, 3.63) is 48.3 Å². The average molecular weight is 434 g/mol.